The van der Waals surface area contributed by atoms with Gasteiger partial charge in [0.25, 0.3) is 5.69 Å². The number of nitrogens with zero attached hydrogens (tertiary/aromatic N) is 2. The molecule has 116 valence electrons. The molecule has 0 bridgehead atoms. The first-order valence-corrected chi connectivity index (χ1v) is 8.18. The lowest BCUT2D eigenvalue weighted by Gasteiger charge is -2.32. The zero-order chi connectivity index (χ0) is 15.2. The summed E-state index contributed by atoms with van der Waals surface area (Å²) >= 11 is 3.35. The van der Waals surface area contributed by atoms with E-state index in [0.717, 1.165) is 42.1 Å². The molecule has 1 aliphatic heterocycles. The van der Waals surface area contributed by atoms with Crippen LogP contribution in [0.25, 0.3) is 0 Å². The van der Waals surface area contributed by atoms with Gasteiger partial charge < -0.3 is 5.32 Å². The van der Waals surface area contributed by atoms with Crippen molar-refractivity contribution in [3.63, 3.8) is 0 Å². The molecule has 2 rings (SSSR count). The summed E-state index contributed by atoms with van der Waals surface area (Å²) < 4.78 is 0.774. The minimum atomic E-state index is -0.335. The average molecular weight is 356 g/mol. The van der Waals surface area contributed by atoms with Crippen LogP contribution >= 0.6 is 15.9 Å². The highest BCUT2D eigenvalue weighted by Crippen LogP contribution is 2.25. The van der Waals surface area contributed by atoms with Crippen LogP contribution in [-0.2, 0) is 6.54 Å². The molecular weight excluding hydrogens is 334 g/mol. The van der Waals surface area contributed by atoms with Crippen molar-refractivity contribution in [2.75, 3.05) is 26.7 Å². The molecule has 6 heteroatoms. The lowest BCUT2D eigenvalue weighted by atomic mass is 9.93. The largest absolute Gasteiger partial charge is 0.320 e. The van der Waals surface area contributed by atoms with Crippen LogP contribution in [0.3, 0.4) is 0 Å². The molecule has 1 N–H and O–H groups in total. The third-order valence-corrected chi connectivity index (χ3v) is 4.53. The Balaban J connectivity index is 1.90. The predicted octanol–water partition coefficient (Wildman–Crippen LogP) is 3.18. The van der Waals surface area contributed by atoms with Crippen LogP contribution in [-0.4, -0.2) is 36.5 Å². The molecule has 0 aromatic heterocycles. The molecule has 1 aromatic carbocycles. The second-order valence-electron chi connectivity index (χ2n) is 5.69. The van der Waals surface area contributed by atoms with Gasteiger partial charge in [0.2, 0.25) is 0 Å². The molecule has 0 unspecified atom stereocenters. The topological polar surface area (TPSA) is 58.4 Å². The fourth-order valence-corrected chi connectivity index (χ4v) is 3.40. The van der Waals surface area contributed by atoms with Gasteiger partial charge >= 0.3 is 0 Å². The quantitative estimate of drug-likeness (QED) is 0.628. The van der Waals surface area contributed by atoms with Crippen LogP contribution in [0.4, 0.5) is 5.69 Å². The standard InChI is InChI=1S/C15H22BrN3O2/c1-17-5-2-12-3-6-18(7-4-12)11-13-8-14(16)10-15(9-13)19(20)21/h8-10,12,17H,2-7,11H2,1H3. The lowest BCUT2D eigenvalue weighted by Crippen LogP contribution is -2.34. The van der Waals surface area contributed by atoms with Gasteiger partial charge in [0.15, 0.2) is 0 Å². The molecule has 5 nitrogen and oxygen atoms in total. The Morgan fingerprint density at radius 1 is 1.38 bits per heavy atom. The van der Waals surface area contributed by atoms with Gasteiger partial charge in [0.1, 0.15) is 0 Å². The number of nitro benzene ring substituents is 1. The second-order valence-corrected chi connectivity index (χ2v) is 6.60. The number of piperidine rings is 1. The third kappa shape index (κ3) is 5.05. The van der Waals surface area contributed by atoms with Gasteiger partial charge in [-0.05, 0) is 63.5 Å². The van der Waals surface area contributed by atoms with Gasteiger partial charge in [-0.3, -0.25) is 15.0 Å². The molecule has 0 saturated carbocycles. The van der Waals surface area contributed by atoms with Crippen LogP contribution in [0, 0.1) is 16.0 Å². The highest BCUT2D eigenvalue weighted by Gasteiger charge is 2.19. The van der Waals surface area contributed by atoms with Gasteiger partial charge in [-0.1, -0.05) is 15.9 Å². The van der Waals surface area contributed by atoms with Crippen molar-refractivity contribution in [3.05, 3.63) is 38.3 Å². The number of nitro groups is 1. The lowest BCUT2D eigenvalue weighted by molar-refractivity contribution is -0.385. The van der Waals surface area contributed by atoms with Crippen molar-refractivity contribution in [3.8, 4) is 0 Å². The Morgan fingerprint density at radius 3 is 2.71 bits per heavy atom. The van der Waals surface area contributed by atoms with Crippen molar-refractivity contribution >= 4 is 21.6 Å². The summed E-state index contributed by atoms with van der Waals surface area (Å²) in [5, 5.41) is 14.1. The van der Waals surface area contributed by atoms with Crippen LogP contribution in [0.1, 0.15) is 24.8 Å². The molecule has 0 radical (unpaired) electrons. The fraction of sp³-hybridized carbons (Fsp3) is 0.600. The summed E-state index contributed by atoms with van der Waals surface area (Å²) in [4.78, 5) is 13.0. The van der Waals surface area contributed by atoms with Gasteiger partial charge in [0, 0.05) is 23.2 Å². The monoisotopic (exact) mass is 355 g/mol. The first kappa shape index (κ1) is 16.4. The van der Waals surface area contributed by atoms with Crippen molar-refractivity contribution in [1.29, 1.82) is 0 Å². The minimum absolute atomic E-state index is 0.156. The van der Waals surface area contributed by atoms with E-state index in [0.29, 0.717) is 0 Å². The number of hydrogen-bond acceptors (Lipinski definition) is 4. The molecule has 1 aromatic rings. The van der Waals surface area contributed by atoms with E-state index in [1.807, 2.05) is 13.1 Å². The first-order chi connectivity index (χ1) is 10.1. The fourth-order valence-electron chi connectivity index (χ4n) is 2.87. The molecule has 1 heterocycles. The van der Waals surface area contributed by atoms with Crippen LogP contribution in [0.15, 0.2) is 22.7 Å². The predicted molar refractivity (Wildman–Crippen MR) is 87.3 cm³/mol. The Bertz CT molecular complexity index is 488. The van der Waals surface area contributed by atoms with Crippen LogP contribution < -0.4 is 5.32 Å². The number of nitrogens with one attached hydrogen (secondary N) is 1. The average Bonchev–Trinajstić information content (AvgIpc) is 2.46. The molecule has 1 fully saturated rings. The first-order valence-electron chi connectivity index (χ1n) is 7.39. The summed E-state index contributed by atoms with van der Waals surface area (Å²) in [6.45, 7) is 4.03. The summed E-state index contributed by atoms with van der Waals surface area (Å²) in [6, 6.07) is 5.20. The molecule has 0 aliphatic carbocycles. The molecule has 21 heavy (non-hydrogen) atoms. The molecule has 1 aliphatic rings. The molecule has 1 saturated heterocycles. The maximum absolute atomic E-state index is 10.9. The van der Waals surface area contributed by atoms with E-state index in [1.165, 1.54) is 19.3 Å². The molecule has 0 atom stereocenters. The summed E-state index contributed by atoms with van der Waals surface area (Å²) in [5.41, 5.74) is 1.16. The highest BCUT2D eigenvalue weighted by molar-refractivity contribution is 9.10. The van der Waals surface area contributed by atoms with E-state index in [-0.39, 0.29) is 10.6 Å². The van der Waals surface area contributed by atoms with E-state index in [9.17, 15) is 10.1 Å². The smallest absolute Gasteiger partial charge is 0.270 e. The highest BCUT2D eigenvalue weighted by atomic mass is 79.9. The third-order valence-electron chi connectivity index (χ3n) is 4.07. The van der Waals surface area contributed by atoms with E-state index in [4.69, 9.17) is 0 Å². The van der Waals surface area contributed by atoms with Crippen LogP contribution in [0.2, 0.25) is 0 Å². The van der Waals surface area contributed by atoms with Gasteiger partial charge in [0.05, 0.1) is 4.92 Å². The van der Waals surface area contributed by atoms with Gasteiger partial charge in [-0.25, -0.2) is 0 Å². The van der Waals surface area contributed by atoms with Crippen molar-refractivity contribution < 1.29 is 4.92 Å². The van der Waals surface area contributed by atoms with E-state index < -0.39 is 0 Å². The number of hydrogen-bond donors (Lipinski definition) is 1. The van der Waals surface area contributed by atoms with E-state index >= 15 is 0 Å². The van der Waals surface area contributed by atoms with E-state index in [1.54, 1.807) is 12.1 Å². The maximum atomic E-state index is 10.9. The SMILES string of the molecule is CNCCC1CCN(Cc2cc(Br)cc([N+](=O)[O-])c2)CC1. The summed E-state index contributed by atoms with van der Waals surface area (Å²) in [5.74, 6) is 0.811. The Kier molecular flexibility index (Phi) is 6.14. The molecule has 0 spiro atoms. The van der Waals surface area contributed by atoms with Crippen molar-refractivity contribution in [2.24, 2.45) is 5.92 Å². The summed E-state index contributed by atoms with van der Waals surface area (Å²) in [6.07, 6.45) is 3.68. The number of non-ortho nitro benzene ring substituents is 1. The Morgan fingerprint density at radius 2 is 2.10 bits per heavy atom. The van der Waals surface area contributed by atoms with Gasteiger partial charge in [-0.2, -0.15) is 0 Å². The molecule has 0 amide bonds. The number of halogens is 1. The number of likely N-dealkylation sites (tertiary alicyclic amines) is 1. The zero-order valence-corrected chi connectivity index (χ0v) is 13.9. The summed E-state index contributed by atoms with van der Waals surface area (Å²) in [7, 11) is 2.00. The molecular formula is C15H22BrN3O2. The minimum Gasteiger partial charge on any atom is -0.320 e. The Hall–Kier alpha value is -0.980. The zero-order valence-electron chi connectivity index (χ0n) is 12.3. The normalized spacial score (nSPS) is 17.0. The maximum Gasteiger partial charge on any atom is 0.270 e. The number of benzene rings is 1. The van der Waals surface area contributed by atoms with Crippen molar-refractivity contribution in [1.82, 2.24) is 10.2 Å². The van der Waals surface area contributed by atoms with E-state index in [2.05, 4.69) is 26.1 Å². The van der Waals surface area contributed by atoms with Crippen LogP contribution in [0.5, 0.6) is 0 Å². The van der Waals surface area contributed by atoms with Crippen molar-refractivity contribution in [2.45, 2.75) is 25.8 Å². The number of rotatable bonds is 6. The van der Waals surface area contributed by atoms with Gasteiger partial charge in [-0.15, -0.1) is 0 Å². The Labute approximate surface area is 134 Å². The second kappa shape index (κ2) is 7.87.